The molecule has 0 amide bonds. The minimum Gasteiger partial charge on any atom is -0.550 e. The van der Waals surface area contributed by atoms with Gasteiger partial charge in [0.05, 0.1) is 0 Å². The van der Waals surface area contributed by atoms with E-state index < -0.39 is 23.9 Å². The molecule has 0 fully saturated rings. The van der Waals surface area contributed by atoms with E-state index in [9.17, 15) is 39.6 Å². The van der Waals surface area contributed by atoms with Crippen LogP contribution in [0.15, 0.2) is 0 Å². The molecular weight excluding hydrogens is 744 g/mol. The van der Waals surface area contributed by atoms with Gasteiger partial charge in [0, 0.05) is 23.9 Å². The maximum atomic E-state index is 10.3. The number of rotatable bonds is 20. The molecule has 0 bridgehead atoms. The van der Waals surface area contributed by atoms with Gasteiger partial charge in [-0.2, -0.15) is 0 Å². The Bertz CT molecular complexity index is 509. The third kappa shape index (κ3) is 35.3. The van der Waals surface area contributed by atoms with Gasteiger partial charge < -0.3 is 39.6 Å². The van der Waals surface area contributed by atoms with Gasteiger partial charge in [0.2, 0.25) is 0 Å². The summed E-state index contributed by atoms with van der Waals surface area (Å²) < 4.78 is 0. The second kappa shape index (κ2) is 37.2. The van der Waals surface area contributed by atoms with E-state index in [1.165, 1.54) is 0 Å². The Morgan fingerprint density at radius 2 is 0.537 bits per heavy atom. The molecule has 0 N–H and O–H groups in total. The number of unbranched alkanes of at least 4 members (excludes halogenated alkanes) is 4. The van der Waals surface area contributed by atoms with E-state index in [1.807, 2.05) is 27.7 Å². The summed E-state index contributed by atoms with van der Waals surface area (Å²) in [5, 5.41) is 41.3. The Balaban J connectivity index is -0.000000139. The fraction of sp³-hybridized carbons (Fsp3) is 0.875. The number of carboxylic acids is 4. The van der Waals surface area contributed by atoms with Gasteiger partial charge in [-0.05, 0) is 75.0 Å². The summed E-state index contributed by atoms with van der Waals surface area (Å²) in [5.74, 6) is -4.46. The number of carboxylic acid groups (broad SMARTS) is 4. The van der Waals surface area contributed by atoms with E-state index in [1.54, 1.807) is 0 Å². The third-order valence-corrected chi connectivity index (χ3v) is 6.93. The number of carbonyl (C=O) groups excluding carboxylic acids is 4. The summed E-state index contributed by atoms with van der Waals surface area (Å²) >= 11 is 0. The Morgan fingerprint density at radius 3 is 0.610 bits per heavy atom. The molecule has 4 unspecified atom stereocenters. The Kier molecular flexibility index (Phi) is 45.3. The molecule has 0 rings (SSSR count). The first kappa shape index (κ1) is 49.9. The van der Waals surface area contributed by atoms with Gasteiger partial charge in [-0.3, -0.25) is 0 Å². The largest absolute Gasteiger partial charge is 4.00 e. The molecule has 0 aromatic heterocycles. The number of hydrogen-bond acceptors (Lipinski definition) is 8. The number of carbonyl (C=O) groups is 4. The average Bonchev–Trinajstić information content (AvgIpc) is 2.91. The molecule has 0 aromatic carbocycles. The van der Waals surface area contributed by atoms with Gasteiger partial charge in [0.15, 0.2) is 0 Å². The summed E-state index contributed by atoms with van der Waals surface area (Å²) in [7, 11) is 0. The number of hydrogen-bond donors (Lipinski definition) is 0. The summed E-state index contributed by atoms with van der Waals surface area (Å²) in [5.41, 5.74) is 0. The predicted octanol–water partition coefficient (Wildman–Crippen LogP) is 3.81. The first-order chi connectivity index (χ1) is 18.9. The van der Waals surface area contributed by atoms with Crippen molar-refractivity contribution in [3.8, 4) is 0 Å². The van der Waals surface area contributed by atoms with Gasteiger partial charge in [-0.15, -0.1) is 0 Å². The summed E-state index contributed by atoms with van der Waals surface area (Å²) in [4.78, 5) is 41.3. The third-order valence-electron chi connectivity index (χ3n) is 6.93. The monoisotopic (exact) mass is 804 g/mol. The predicted molar refractivity (Wildman–Crippen MR) is 153 cm³/mol. The molecule has 0 radical (unpaired) electrons. The first-order valence-corrected chi connectivity index (χ1v) is 15.7. The van der Waals surface area contributed by atoms with Crippen molar-refractivity contribution in [2.24, 2.45) is 23.7 Å². The topological polar surface area (TPSA) is 161 Å². The Hall–Kier alpha value is -0.795. The quantitative estimate of drug-likeness (QED) is 0.180. The van der Waals surface area contributed by atoms with Crippen molar-refractivity contribution in [1.29, 1.82) is 0 Å². The molecule has 0 saturated carbocycles. The van der Waals surface area contributed by atoms with Crippen molar-refractivity contribution < 1.29 is 79.5 Å². The van der Waals surface area contributed by atoms with Crippen LogP contribution in [0.2, 0.25) is 0 Å². The van der Waals surface area contributed by atoms with E-state index in [4.69, 9.17) is 0 Å². The van der Waals surface area contributed by atoms with Crippen LogP contribution in [0, 0.1) is 63.6 Å². The minimum absolute atomic E-state index is 0. The van der Waals surface area contributed by atoms with Gasteiger partial charge in [0.25, 0.3) is 0 Å². The van der Waals surface area contributed by atoms with E-state index in [0.717, 1.165) is 77.0 Å². The zero-order chi connectivity index (χ0) is 31.9. The van der Waals surface area contributed by atoms with Crippen LogP contribution in [0.25, 0.3) is 0 Å². The fourth-order valence-corrected chi connectivity index (χ4v) is 3.76. The zero-order valence-electron chi connectivity index (χ0n) is 27.4. The summed E-state index contributed by atoms with van der Waals surface area (Å²) in [6.07, 6.45) is 14.1. The Morgan fingerprint density at radius 1 is 0.390 bits per heavy atom. The van der Waals surface area contributed by atoms with Crippen molar-refractivity contribution in [1.82, 2.24) is 0 Å². The molecule has 0 spiro atoms. The van der Waals surface area contributed by atoms with E-state index in [0.29, 0.717) is 25.7 Å². The van der Waals surface area contributed by atoms with Gasteiger partial charge >= 0.3 is 39.9 Å². The van der Waals surface area contributed by atoms with Crippen LogP contribution in [0.4, 0.5) is 0 Å². The molecular formula is C32H60O8Th. The molecule has 8 nitrogen and oxygen atoms in total. The van der Waals surface area contributed by atoms with E-state index in [2.05, 4.69) is 27.7 Å². The van der Waals surface area contributed by atoms with Crippen molar-refractivity contribution in [3.63, 3.8) is 0 Å². The molecule has 0 aliphatic rings. The molecule has 0 aromatic rings. The molecule has 0 heterocycles. The van der Waals surface area contributed by atoms with Crippen LogP contribution in [0.5, 0.6) is 0 Å². The Labute approximate surface area is 283 Å². The second-order valence-electron chi connectivity index (χ2n) is 10.3. The van der Waals surface area contributed by atoms with Crippen molar-refractivity contribution >= 4 is 23.9 Å². The van der Waals surface area contributed by atoms with Crippen LogP contribution in [-0.2, 0) is 19.2 Å². The molecule has 240 valence electrons. The molecule has 0 aliphatic heterocycles. The van der Waals surface area contributed by atoms with Crippen LogP contribution >= 0.6 is 0 Å². The number of aliphatic carboxylic acids is 4. The SMILES string of the molecule is CCCCC(CC)C(=O)[O-].CCCCC(CC)C(=O)[O-].CCCCC(CC)C(=O)[O-].CCCCC(CC)C(=O)[O-].[Th+4]. The maximum Gasteiger partial charge on any atom is 4.00 e. The van der Waals surface area contributed by atoms with E-state index >= 15 is 0 Å². The summed E-state index contributed by atoms with van der Waals surface area (Å²) in [6, 6.07) is 0. The molecule has 41 heavy (non-hydrogen) atoms. The molecule has 4 atom stereocenters. The van der Waals surface area contributed by atoms with E-state index in [-0.39, 0.29) is 63.6 Å². The van der Waals surface area contributed by atoms with Crippen LogP contribution in [0.3, 0.4) is 0 Å². The van der Waals surface area contributed by atoms with Crippen LogP contribution < -0.4 is 20.4 Å². The van der Waals surface area contributed by atoms with Gasteiger partial charge in [0.1, 0.15) is 0 Å². The van der Waals surface area contributed by atoms with Crippen molar-refractivity contribution in [2.45, 2.75) is 158 Å². The van der Waals surface area contributed by atoms with Crippen LogP contribution in [-0.4, -0.2) is 23.9 Å². The summed E-state index contributed by atoms with van der Waals surface area (Å²) in [6.45, 7) is 15.8. The maximum absolute atomic E-state index is 10.3. The second-order valence-corrected chi connectivity index (χ2v) is 10.3. The van der Waals surface area contributed by atoms with Crippen LogP contribution in [0.1, 0.15) is 158 Å². The van der Waals surface area contributed by atoms with Crippen molar-refractivity contribution in [3.05, 3.63) is 0 Å². The van der Waals surface area contributed by atoms with Gasteiger partial charge in [-0.25, -0.2) is 0 Å². The van der Waals surface area contributed by atoms with Gasteiger partial charge in [-0.1, -0.05) is 107 Å². The standard InChI is InChI=1S/4C8H16O2.Th/c4*1-3-5-6-7(4-2)8(9)10;/h4*7H,3-6H2,1-2H3,(H,9,10);/q;;;;+4/p-4. The molecule has 0 saturated heterocycles. The molecule has 9 heteroatoms. The first-order valence-electron chi connectivity index (χ1n) is 15.7. The smallest absolute Gasteiger partial charge is 0.550 e. The van der Waals surface area contributed by atoms with Crippen molar-refractivity contribution in [2.75, 3.05) is 0 Å². The molecule has 0 aliphatic carbocycles. The fourth-order valence-electron chi connectivity index (χ4n) is 3.76. The minimum atomic E-state index is -0.893. The normalized spacial score (nSPS) is 12.7. The average molecular weight is 805 g/mol. The zero-order valence-corrected chi connectivity index (χ0v) is 31.5.